The van der Waals surface area contributed by atoms with E-state index in [2.05, 4.69) is 10.3 Å². The molecule has 0 spiro atoms. The first-order valence-electron chi connectivity index (χ1n) is 9.08. The van der Waals surface area contributed by atoms with Crippen molar-refractivity contribution in [3.8, 4) is 0 Å². The number of nitrogens with zero attached hydrogens (tertiary/aromatic N) is 3. The Bertz CT molecular complexity index is 1120. The third-order valence-electron chi connectivity index (χ3n) is 5.05. The summed E-state index contributed by atoms with van der Waals surface area (Å²) in [4.78, 5) is 3.98. The Morgan fingerprint density at radius 2 is 1.83 bits per heavy atom. The van der Waals surface area contributed by atoms with E-state index in [4.69, 9.17) is 0 Å². The van der Waals surface area contributed by atoms with Crippen LogP contribution in [0.1, 0.15) is 11.5 Å². The van der Waals surface area contributed by atoms with Gasteiger partial charge in [-0.25, -0.2) is 22.2 Å². The number of nitrogens with one attached hydrogen (secondary N) is 1. The van der Waals surface area contributed by atoms with Gasteiger partial charge in [0, 0.05) is 44.0 Å². The van der Waals surface area contributed by atoms with Crippen LogP contribution in [0.5, 0.6) is 0 Å². The highest BCUT2D eigenvalue weighted by Gasteiger charge is 2.41. The van der Waals surface area contributed by atoms with Gasteiger partial charge in [0.2, 0.25) is 0 Å². The molecule has 1 N–H and O–H groups in total. The van der Waals surface area contributed by atoms with E-state index in [0.717, 1.165) is 5.56 Å². The molecule has 0 amide bonds. The topological polar surface area (TPSA) is 67.2 Å². The SMILES string of the molecule is Cn1cnc(S(=O)(=O)N2C[C@@H](Nc3cccc(F)c3)[C@H](c3ccc(F)cc3)C2)c1. The molecule has 29 heavy (non-hydrogen) atoms. The predicted octanol–water partition coefficient (Wildman–Crippen LogP) is 2.97. The number of aryl methyl sites for hydroxylation is 1. The summed E-state index contributed by atoms with van der Waals surface area (Å²) in [6.45, 7) is 0.384. The van der Waals surface area contributed by atoms with Crippen LogP contribution in [0.15, 0.2) is 66.1 Å². The zero-order valence-corrected chi connectivity index (χ0v) is 16.5. The van der Waals surface area contributed by atoms with Crippen molar-refractivity contribution in [2.24, 2.45) is 7.05 Å². The van der Waals surface area contributed by atoms with Gasteiger partial charge in [0.1, 0.15) is 11.6 Å². The minimum Gasteiger partial charge on any atom is -0.380 e. The molecule has 1 saturated heterocycles. The van der Waals surface area contributed by atoms with Gasteiger partial charge in [-0.2, -0.15) is 4.31 Å². The molecule has 0 bridgehead atoms. The van der Waals surface area contributed by atoms with Crippen LogP contribution in [0.2, 0.25) is 0 Å². The maximum absolute atomic E-state index is 13.6. The lowest BCUT2D eigenvalue weighted by Crippen LogP contribution is -2.32. The monoisotopic (exact) mass is 418 g/mol. The van der Waals surface area contributed by atoms with Crippen molar-refractivity contribution < 1.29 is 17.2 Å². The molecular formula is C20H20F2N4O2S. The number of imidazole rings is 1. The average molecular weight is 418 g/mol. The minimum atomic E-state index is -3.79. The number of aromatic nitrogens is 2. The van der Waals surface area contributed by atoms with Crippen molar-refractivity contribution in [1.29, 1.82) is 0 Å². The summed E-state index contributed by atoms with van der Waals surface area (Å²) in [5.41, 5.74) is 1.36. The van der Waals surface area contributed by atoms with Crippen LogP contribution in [-0.4, -0.2) is 41.4 Å². The third-order valence-corrected chi connectivity index (χ3v) is 6.76. The van der Waals surface area contributed by atoms with Crippen molar-refractivity contribution in [3.05, 3.63) is 78.3 Å². The van der Waals surface area contributed by atoms with E-state index in [9.17, 15) is 17.2 Å². The molecule has 1 aliphatic heterocycles. The number of anilines is 1. The highest BCUT2D eigenvalue weighted by Crippen LogP contribution is 2.33. The lowest BCUT2D eigenvalue weighted by atomic mass is 9.94. The second kappa shape index (κ2) is 7.57. The minimum absolute atomic E-state index is 0.0238. The normalized spacial score (nSPS) is 20.1. The summed E-state index contributed by atoms with van der Waals surface area (Å²) in [6.07, 6.45) is 2.89. The second-order valence-corrected chi connectivity index (χ2v) is 9.00. The summed E-state index contributed by atoms with van der Waals surface area (Å²) < 4.78 is 56.0. The summed E-state index contributed by atoms with van der Waals surface area (Å²) in [6, 6.07) is 11.7. The Morgan fingerprint density at radius 3 is 2.48 bits per heavy atom. The standard InChI is InChI=1S/C20H20F2N4O2S/c1-25-12-20(23-13-25)29(27,28)26-10-18(14-5-7-15(21)8-6-14)19(11-26)24-17-4-2-3-16(22)9-17/h2-9,12-13,18-19,24H,10-11H2,1H3/t18-,19+/m0/s1. The maximum atomic E-state index is 13.6. The average Bonchev–Trinajstić information content (AvgIpc) is 3.30. The Hall–Kier alpha value is -2.78. The molecule has 3 aromatic rings. The Balaban J connectivity index is 1.66. The van der Waals surface area contributed by atoms with Crippen molar-refractivity contribution in [2.45, 2.75) is 17.0 Å². The van der Waals surface area contributed by atoms with Crippen LogP contribution < -0.4 is 5.32 Å². The summed E-state index contributed by atoms with van der Waals surface area (Å²) in [5, 5.41) is 3.21. The van der Waals surface area contributed by atoms with E-state index in [0.29, 0.717) is 5.69 Å². The molecule has 1 fully saturated rings. The van der Waals surface area contributed by atoms with Crippen LogP contribution in [0.4, 0.5) is 14.5 Å². The smallest absolute Gasteiger partial charge is 0.262 e. The molecule has 6 nitrogen and oxygen atoms in total. The molecule has 2 aromatic carbocycles. The molecule has 1 aromatic heterocycles. The van der Waals surface area contributed by atoms with Gasteiger partial charge in [-0.15, -0.1) is 0 Å². The zero-order valence-electron chi connectivity index (χ0n) is 15.7. The number of rotatable bonds is 5. The molecule has 2 atom stereocenters. The van der Waals surface area contributed by atoms with Gasteiger partial charge in [0.05, 0.1) is 6.33 Å². The number of sulfonamides is 1. The van der Waals surface area contributed by atoms with Crippen LogP contribution in [0.3, 0.4) is 0 Å². The second-order valence-electron chi connectivity index (χ2n) is 7.12. The molecule has 1 aliphatic rings. The summed E-state index contributed by atoms with van der Waals surface area (Å²) in [7, 11) is -2.09. The Morgan fingerprint density at radius 1 is 1.07 bits per heavy atom. The molecule has 0 saturated carbocycles. The lowest BCUT2D eigenvalue weighted by molar-refractivity contribution is 0.468. The van der Waals surface area contributed by atoms with E-state index in [-0.39, 0.29) is 41.7 Å². The molecule has 0 unspecified atom stereocenters. The fourth-order valence-electron chi connectivity index (χ4n) is 3.60. The third kappa shape index (κ3) is 4.01. The van der Waals surface area contributed by atoms with Crippen LogP contribution in [-0.2, 0) is 17.1 Å². The van der Waals surface area contributed by atoms with E-state index < -0.39 is 10.0 Å². The quantitative estimate of drug-likeness (QED) is 0.692. The largest absolute Gasteiger partial charge is 0.380 e. The maximum Gasteiger partial charge on any atom is 0.262 e. The first-order valence-corrected chi connectivity index (χ1v) is 10.5. The molecule has 152 valence electrons. The predicted molar refractivity (Wildman–Crippen MR) is 105 cm³/mol. The number of benzene rings is 2. The van der Waals surface area contributed by atoms with Crippen molar-refractivity contribution >= 4 is 15.7 Å². The van der Waals surface area contributed by atoms with E-state index in [1.165, 1.54) is 41.1 Å². The molecule has 2 heterocycles. The van der Waals surface area contributed by atoms with Gasteiger partial charge >= 0.3 is 0 Å². The number of halogens is 2. The summed E-state index contributed by atoms with van der Waals surface area (Å²) >= 11 is 0. The molecule has 0 aliphatic carbocycles. The number of hydrogen-bond donors (Lipinski definition) is 1. The van der Waals surface area contributed by atoms with E-state index in [1.807, 2.05) is 0 Å². The van der Waals surface area contributed by atoms with E-state index >= 15 is 0 Å². The first-order chi connectivity index (χ1) is 13.8. The lowest BCUT2D eigenvalue weighted by Gasteiger charge is -2.21. The fraction of sp³-hybridized carbons (Fsp3) is 0.250. The van der Waals surface area contributed by atoms with Gasteiger partial charge in [-0.1, -0.05) is 18.2 Å². The van der Waals surface area contributed by atoms with Crippen molar-refractivity contribution in [1.82, 2.24) is 13.9 Å². The molecule has 4 rings (SSSR count). The Labute approximate surface area is 167 Å². The summed E-state index contributed by atoms with van der Waals surface area (Å²) in [5.74, 6) is -0.985. The van der Waals surface area contributed by atoms with Gasteiger partial charge in [0.15, 0.2) is 5.03 Å². The van der Waals surface area contributed by atoms with Gasteiger partial charge in [-0.3, -0.25) is 0 Å². The van der Waals surface area contributed by atoms with E-state index in [1.54, 1.807) is 35.9 Å². The number of hydrogen-bond acceptors (Lipinski definition) is 4. The van der Waals surface area contributed by atoms with Crippen molar-refractivity contribution in [2.75, 3.05) is 18.4 Å². The first kappa shape index (κ1) is 19.5. The fourth-order valence-corrected chi connectivity index (χ4v) is 5.06. The van der Waals surface area contributed by atoms with Crippen molar-refractivity contribution in [3.63, 3.8) is 0 Å². The Kier molecular flexibility index (Phi) is 5.10. The van der Waals surface area contributed by atoms with Gasteiger partial charge in [0.25, 0.3) is 10.0 Å². The van der Waals surface area contributed by atoms with Crippen LogP contribution in [0.25, 0.3) is 0 Å². The molecule has 9 heteroatoms. The highest BCUT2D eigenvalue weighted by molar-refractivity contribution is 7.89. The molecular weight excluding hydrogens is 398 g/mol. The van der Waals surface area contributed by atoms with Gasteiger partial charge in [-0.05, 0) is 35.9 Å². The highest BCUT2D eigenvalue weighted by atomic mass is 32.2. The zero-order chi connectivity index (χ0) is 20.6. The van der Waals surface area contributed by atoms with Crippen LogP contribution in [0, 0.1) is 11.6 Å². The van der Waals surface area contributed by atoms with Crippen LogP contribution >= 0.6 is 0 Å². The molecule has 0 radical (unpaired) electrons. The van der Waals surface area contributed by atoms with Gasteiger partial charge < -0.3 is 9.88 Å².